The molecule has 7 heteroatoms. The van der Waals surface area contributed by atoms with Crippen LogP contribution in [0.15, 0.2) is 17.0 Å². The van der Waals surface area contributed by atoms with Gasteiger partial charge in [0.25, 0.3) is 0 Å². The molecule has 0 amide bonds. The average molecular weight is 232 g/mol. The molecule has 3 rings (SSSR count). The highest BCUT2D eigenvalue weighted by molar-refractivity contribution is 5.66. The second kappa shape index (κ2) is 4.10. The summed E-state index contributed by atoms with van der Waals surface area (Å²) in [6, 6.07) is 0.155. The minimum Gasteiger partial charge on any atom is -0.383 e. The molecule has 1 saturated heterocycles. The van der Waals surface area contributed by atoms with Crippen LogP contribution < -0.4 is 11.1 Å². The molecule has 0 radical (unpaired) electrons. The molecule has 2 aromatic heterocycles. The van der Waals surface area contributed by atoms with Gasteiger partial charge in [-0.15, -0.1) is 0 Å². The van der Waals surface area contributed by atoms with Crippen LogP contribution in [0.4, 0.5) is 5.82 Å². The highest BCUT2D eigenvalue weighted by atomic mass is 16.5. The lowest BCUT2D eigenvalue weighted by atomic mass is 10.2. The second-order valence-electron chi connectivity index (χ2n) is 3.93. The quantitative estimate of drug-likeness (QED) is 0.778. The molecule has 0 saturated carbocycles. The third-order valence-corrected chi connectivity index (χ3v) is 2.78. The summed E-state index contributed by atoms with van der Waals surface area (Å²) < 4.78 is 5.22. The zero-order chi connectivity index (χ0) is 11.7. The standard InChI is InChI=1S/C10H12N6O/c11-8-6(4-12-5-14-8)9-15-10(17-16-9)7-2-1-3-13-7/h4-5,7,13H,1-3H2,(H2,11,12,14)/t7-/m0/s1. The van der Waals surface area contributed by atoms with E-state index in [4.69, 9.17) is 10.3 Å². The van der Waals surface area contributed by atoms with E-state index in [0.717, 1.165) is 19.4 Å². The molecule has 1 aliphatic heterocycles. The van der Waals surface area contributed by atoms with Crippen LogP contribution >= 0.6 is 0 Å². The Bertz CT molecular complexity index is 519. The molecular weight excluding hydrogens is 220 g/mol. The van der Waals surface area contributed by atoms with E-state index in [2.05, 4.69) is 25.4 Å². The van der Waals surface area contributed by atoms with Crippen LogP contribution in [0.25, 0.3) is 11.4 Å². The summed E-state index contributed by atoms with van der Waals surface area (Å²) in [6.07, 6.45) is 5.11. The largest absolute Gasteiger partial charge is 0.383 e. The molecule has 88 valence electrons. The van der Waals surface area contributed by atoms with Gasteiger partial charge in [0.1, 0.15) is 12.1 Å². The Labute approximate surface area is 97.5 Å². The maximum atomic E-state index is 5.73. The monoisotopic (exact) mass is 232 g/mol. The lowest BCUT2D eigenvalue weighted by Gasteiger charge is -2.01. The number of nitrogens with zero attached hydrogens (tertiary/aromatic N) is 4. The molecule has 1 aliphatic rings. The SMILES string of the molecule is Nc1ncncc1-c1noc([C@@H]2CCCN2)n1. The van der Waals surface area contributed by atoms with E-state index < -0.39 is 0 Å². The molecule has 0 unspecified atom stereocenters. The van der Waals surface area contributed by atoms with Gasteiger partial charge in [-0.25, -0.2) is 9.97 Å². The minimum absolute atomic E-state index is 0.155. The summed E-state index contributed by atoms with van der Waals surface area (Å²) in [7, 11) is 0. The molecule has 7 nitrogen and oxygen atoms in total. The number of nitrogens with two attached hydrogens (primary N) is 1. The van der Waals surface area contributed by atoms with Gasteiger partial charge in [0, 0.05) is 6.20 Å². The predicted molar refractivity (Wildman–Crippen MR) is 59.7 cm³/mol. The van der Waals surface area contributed by atoms with Gasteiger partial charge in [0.15, 0.2) is 0 Å². The van der Waals surface area contributed by atoms with E-state index in [9.17, 15) is 0 Å². The van der Waals surface area contributed by atoms with Crippen molar-refractivity contribution < 1.29 is 4.52 Å². The Balaban J connectivity index is 1.92. The van der Waals surface area contributed by atoms with Gasteiger partial charge in [-0.3, -0.25) is 0 Å². The van der Waals surface area contributed by atoms with Crippen molar-refractivity contribution >= 4 is 5.82 Å². The van der Waals surface area contributed by atoms with E-state index >= 15 is 0 Å². The Morgan fingerprint density at radius 1 is 1.47 bits per heavy atom. The van der Waals surface area contributed by atoms with Crippen LogP contribution in [-0.2, 0) is 0 Å². The van der Waals surface area contributed by atoms with Crippen molar-refractivity contribution in [2.24, 2.45) is 0 Å². The van der Waals surface area contributed by atoms with Crippen molar-refractivity contribution in [1.29, 1.82) is 0 Å². The van der Waals surface area contributed by atoms with Crippen LogP contribution in [-0.4, -0.2) is 26.7 Å². The van der Waals surface area contributed by atoms with Gasteiger partial charge in [-0.05, 0) is 19.4 Å². The van der Waals surface area contributed by atoms with Crippen molar-refractivity contribution in [3.8, 4) is 11.4 Å². The van der Waals surface area contributed by atoms with Crippen molar-refractivity contribution in [2.45, 2.75) is 18.9 Å². The number of anilines is 1. The third-order valence-electron chi connectivity index (χ3n) is 2.78. The zero-order valence-corrected chi connectivity index (χ0v) is 9.13. The molecule has 3 N–H and O–H groups in total. The third kappa shape index (κ3) is 1.84. The maximum Gasteiger partial charge on any atom is 0.244 e. The molecule has 0 aliphatic carbocycles. The van der Waals surface area contributed by atoms with Crippen LogP contribution in [0.3, 0.4) is 0 Å². The number of hydrogen-bond acceptors (Lipinski definition) is 7. The van der Waals surface area contributed by atoms with E-state index in [1.54, 1.807) is 6.20 Å². The molecule has 2 aromatic rings. The fourth-order valence-electron chi connectivity index (χ4n) is 1.89. The van der Waals surface area contributed by atoms with Crippen molar-refractivity contribution in [1.82, 2.24) is 25.4 Å². The predicted octanol–water partition coefficient (Wildman–Crippen LogP) is 0.533. The Hall–Kier alpha value is -2.02. The molecular formula is C10H12N6O. The van der Waals surface area contributed by atoms with Gasteiger partial charge in [0.2, 0.25) is 11.7 Å². The zero-order valence-electron chi connectivity index (χ0n) is 9.13. The topological polar surface area (TPSA) is 103 Å². The number of nitrogen functional groups attached to an aromatic ring is 1. The Morgan fingerprint density at radius 3 is 3.18 bits per heavy atom. The highest BCUT2D eigenvalue weighted by Gasteiger charge is 2.23. The first-order chi connectivity index (χ1) is 8.34. The van der Waals surface area contributed by atoms with Gasteiger partial charge in [-0.2, -0.15) is 4.98 Å². The number of hydrogen-bond donors (Lipinski definition) is 2. The van der Waals surface area contributed by atoms with Crippen LogP contribution in [0, 0.1) is 0 Å². The average Bonchev–Trinajstić information content (AvgIpc) is 3.00. The molecule has 17 heavy (non-hydrogen) atoms. The van der Waals surface area contributed by atoms with Crippen molar-refractivity contribution in [3.05, 3.63) is 18.4 Å². The minimum atomic E-state index is 0.155. The van der Waals surface area contributed by atoms with Crippen molar-refractivity contribution in [2.75, 3.05) is 12.3 Å². The normalized spacial score (nSPS) is 19.6. The smallest absolute Gasteiger partial charge is 0.244 e. The van der Waals surface area contributed by atoms with E-state index in [1.807, 2.05) is 0 Å². The summed E-state index contributed by atoms with van der Waals surface area (Å²) in [6.45, 7) is 0.985. The van der Waals surface area contributed by atoms with Crippen LogP contribution in [0.1, 0.15) is 24.8 Å². The van der Waals surface area contributed by atoms with Gasteiger partial charge in [0.05, 0.1) is 11.6 Å². The van der Waals surface area contributed by atoms with Gasteiger partial charge >= 0.3 is 0 Å². The Morgan fingerprint density at radius 2 is 2.41 bits per heavy atom. The molecule has 1 atom stereocenters. The van der Waals surface area contributed by atoms with Gasteiger partial charge < -0.3 is 15.6 Å². The Kier molecular flexibility index (Phi) is 2.45. The lowest BCUT2D eigenvalue weighted by molar-refractivity contribution is 0.345. The summed E-state index contributed by atoms with van der Waals surface area (Å²) in [4.78, 5) is 12.1. The fourth-order valence-corrected chi connectivity index (χ4v) is 1.89. The summed E-state index contributed by atoms with van der Waals surface area (Å²) >= 11 is 0. The second-order valence-corrected chi connectivity index (χ2v) is 3.93. The highest BCUT2D eigenvalue weighted by Crippen LogP contribution is 2.25. The fraction of sp³-hybridized carbons (Fsp3) is 0.400. The molecule has 1 fully saturated rings. The summed E-state index contributed by atoms with van der Waals surface area (Å²) in [5, 5.41) is 7.20. The van der Waals surface area contributed by atoms with Crippen molar-refractivity contribution in [3.63, 3.8) is 0 Å². The molecule has 3 heterocycles. The summed E-state index contributed by atoms with van der Waals surface area (Å²) in [5.41, 5.74) is 6.32. The summed E-state index contributed by atoms with van der Waals surface area (Å²) in [5.74, 6) is 1.39. The van der Waals surface area contributed by atoms with E-state index in [1.165, 1.54) is 6.33 Å². The molecule has 0 aromatic carbocycles. The molecule has 0 bridgehead atoms. The number of nitrogens with one attached hydrogen (secondary N) is 1. The molecule has 0 spiro atoms. The first kappa shape index (κ1) is 10.2. The number of aromatic nitrogens is 4. The van der Waals surface area contributed by atoms with Crippen LogP contribution in [0.5, 0.6) is 0 Å². The first-order valence-electron chi connectivity index (χ1n) is 5.47. The maximum absolute atomic E-state index is 5.73. The lowest BCUT2D eigenvalue weighted by Crippen LogP contribution is -2.13. The van der Waals surface area contributed by atoms with E-state index in [-0.39, 0.29) is 6.04 Å². The first-order valence-corrected chi connectivity index (χ1v) is 5.47. The van der Waals surface area contributed by atoms with E-state index in [0.29, 0.717) is 23.1 Å². The van der Waals surface area contributed by atoms with Gasteiger partial charge in [-0.1, -0.05) is 5.16 Å². The number of rotatable bonds is 2. The van der Waals surface area contributed by atoms with Crippen LogP contribution in [0.2, 0.25) is 0 Å².